The molecule has 0 aliphatic carbocycles. The minimum Gasteiger partial charge on any atom is -0.483 e. The van der Waals surface area contributed by atoms with E-state index in [4.69, 9.17) is 4.74 Å². The van der Waals surface area contributed by atoms with Crippen molar-refractivity contribution in [3.8, 4) is 5.75 Å². The number of ether oxygens (including phenoxy) is 1. The fourth-order valence-electron chi connectivity index (χ4n) is 2.42. The number of aryl methyl sites for hydroxylation is 1. The van der Waals surface area contributed by atoms with Crippen molar-refractivity contribution in [3.05, 3.63) is 82.7 Å². The van der Waals surface area contributed by atoms with E-state index in [9.17, 15) is 22.4 Å². The van der Waals surface area contributed by atoms with Crippen LogP contribution in [0.5, 0.6) is 5.75 Å². The number of nitrogens with one attached hydrogen (secondary N) is 1. The third kappa shape index (κ3) is 4.30. The number of aromatic nitrogens is 2. The molecule has 0 fully saturated rings. The van der Waals surface area contributed by atoms with Crippen molar-refractivity contribution < 1.29 is 27.1 Å². The van der Waals surface area contributed by atoms with Gasteiger partial charge in [-0.1, -0.05) is 12.1 Å². The predicted octanol–water partition coefficient (Wildman–Crippen LogP) is 3.49. The number of benzene rings is 2. The number of carbonyl (C=O) groups excluding carboxylic acids is 1. The Morgan fingerprint density at radius 1 is 1.07 bits per heavy atom. The highest BCUT2D eigenvalue weighted by Gasteiger charge is 2.20. The van der Waals surface area contributed by atoms with Gasteiger partial charge in [0.05, 0.1) is 12.2 Å². The summed E-state index contributed by atoms with van der Waals surface area (Å²) in [6.45, 7) is -0.0825. The topological polar surface area (TPSA) is 56.2 Å². The molecule has 3 aromatic rings. The lowest BCUT2D eigenvalue weighted by atomic mass is 10.1. The van der Waals surface area contributed by atoms with Gasteiger partial charge in [0.25, 0.3) is 5.91 Å². The maximum absolute atomic E-state index is 13.6. The van der Waals surface area contributed by atoms with E-state index in [-0.39, 0.29) is 25.1 Å². The lowest BCUT2D eigenvalue weighted by Crippen LogP contribution is -2.23. The number of amides is 1. The van der Waals surface area contributed by atoms with Gasteiger partial charge >= 0.3 is 0 Å². The second-order valence-electron chi connectivity index (χ2n) is 5.95. The monoisotopic (exact) mass is 393 g/mol. The highest BCUT2D eigenvalue weighted by molar-refractivity contribution is 5.94. The van der Waals surface area contributed by atoms with E-state index in [1.807, 2.05) is 0 Å². The van der Waals surface area contributed by atoms with Crippen LogP contribution in [0.3, 0.4) is 0 Å². The number of hydrogen-bond donors (Lipinski definition) is 1. The van der Waals surface area contributed by atoms with E-state index >= 15 is 0 Å². The molecule has 0 aliphatic rings. The first-order valence-corrected chi connectivity index (χ1v) is 8.16. The summed E-state index contributed by atoms with van der Waals surface area (Å²) in [5, 5.41) is 6.85. The highest BCUT2D eigenvalue weighted by Crippen LogP contribution is 2.27. The van der Waals surface area contributed by atoms with Gasteiger partial charge in [-0.2, -0.15) is 13.9 Å². The summed E-state index contributed by atoms with van der Waals surface area (Å²) in [5.41, 5.74) is 1.51. The van der Waals surface area contributed by atoms with Crippen LogP contribution in [0.2, 0.25) is 0 Å². The normalized spacial score (nSPS) is 10.8. The fraction of sp³-hybridized carbons (Fsp3) is 0.158. The van der Waals surface area contributed by atoms with E-state index in [2.05, 4.69) is 10.4 Å². The Labute approximate surface area is 157 Å². The van der Waals surface area contributed by atoms with Gasteiger partial charge in [-0.3, -0.25) is 9.48 Å². The molecule has 146 valence electrons. The molecule has 0 saturated carbocycles. The minimum absolute atomic E-state index is 0.107. The van der Waals surface area contributed by atoms with Crippen molar-refractivity contribution in [2.75, 3.05) is 0 Å². The van der Waals surface area contributed by atoms with E-state index in [1.54, 1.807) is 24.0 Å². The van der Waals surface area contributed by atoms with Crippen molar-refractivity contribution in [2.24, 2.45) is 7.05 Å². The zero-order valence-electron chi connectivity index (χ0n) is 14.7. The number of nitrogens with zero attached hydrogens (tertiary/aromatic N) is 2. The summed E-state index contributed by atoms with van der Waals surface area (Å²) in [6, 6.07) is 7.86. The number of hydrogen-bond acceptors (Lipinski definition) is 3. The van der Waals surface area contributed by atoms with Crippen LogP contribution in [0.25, 0.3) is 0 Å². The number of halogens is 4. The van der Waals surface area contributed by atoms with Crippen LogP contribution < -0.4 is 10.1 Å². The molecule has 3 rings (SSSR count). The van der Waals surface area contributed by atoms with E-state index in [0.717, 1.165) is 0 Å². The largest absolute Gasteiger partial charge is 0.483 e. The maximum atomic E-state index is 13.6. The molecule has 28 heavy (non-hydrogen) atoms. The molecule has 0 atom stereocenters. The second-order valence-corrected chi connectivity index (χ2v) is 5.95. The highest BCUT2D eigenvalue weighted by atomic mass is 19.2. The Balaban J connectivity index is 1.61. The van der Waals surface area contributed by atoms with Crippen LogP contribution in [0.4, 0.5) is 17.6 Å². The fourth-order valence-corrected chi connectivity index (χ4v) is 2.42. The predicted molar refractivity (Wildman–Crippen MR) is 91.4 cm³/mol. The van der Waals surface area contributed by atoms with Gasteiger partial charge in [0.15, 0.2) is 17.4 Å². The third-order valence-corrected chi connectivity index (χ3v) is 3.87. The van der Waals surface area contributed by atoms with Gasteiger partial charge in [-0.05, 0) is 23.8 Å². The van der Waals surface area contributed by atoms with E-state index in [0.29, 0.717) is 16.8 Å². The molecule has 1 amide bonds. The molecule has 5 nitrogen and oxygen atoms in total. The molecule has 0 aliphatic heterocycles. The molecule has 0 bridgehead atoms. The molecule has 0 saturated heterocycles. The summed E-state index contributed by atoms with van der Waals surface area (Å²) in [7, 11) is 1.77. The average Bonchev–Trinajstić information content (AvgIpc) is 3.10. The van der Waals surface area contributed by atoms with E-state index < -0.39 is 29.0 Å². The van der Waals surface area contributed by atoms with Crippen LogP contribution in [-0.4, -0.2) is 15.7 Å². The average molecular weight is 393 g/mol. The summed E-state index contributed by atoms with van der Waals surface area (Å²) >= 11 is 0. The van der Waals surface area contributed by atoms with Crippen molar-refractivity contribution in [1.29, 1.82) is 0 Å². The lowest BCUT2D eigenvalue weighted by Gasteiger charge is -2.10. The molecule has 1 N–H and O–H groups in total. The van der Waals surface area contributed by atoms with Crippen LogP contribution in [0.1, 0.15) is 21.6 Å². The van der Waals surface area contributed by atoms with E-state index in [1.165, 1.54) is 24.3 Å². The van der Waals surface area contributed by atoms with Crippen LogP contribution in [-0.2, 0) is 20.2 Å². The van der Waals surface area contributed by atoms with Crippen LogP contribution >= 0.6 is 0 Å². The Bertz CT molecular complexity index is 977. The summed E-state index contributed by atoms with van der Waals surface area (Å²) in [6.07, 6.45) is 1.76. The zero-order valence-corrected chi connectivity index (χ0v) is 14.7. The molecule has 0 spiro atoms. The molecular weight excluding hydrogens is 378 g/mol. The molecular formula is C19H15F4N3O2. The Hall–Kier alpha value is -3.36. The van der Waals surface area contributed by atoms with Crippen molar-refractivity contribution >= 4 is 5.91 Å². The second kappa shape index (κ2) is 8.12. The van der Waals surface area contributed by atoms with Gasteiger partial charge < -0.3 is 10.1 Å². The smallest absolute Gasteiger partial charge is 0.251 e. The molecule has 1 heterocycles. The Morgan fingerprint density at radius 3 is 2.29 bits per heavy atom. The minimum atomic E-state index is -1.61. The van der Waals surface area contributed by atoms with Crippen molar-refractivity contribution in [3.63, 3.8) is 0 Å². The number of rotatable bonds is 6. The lowest BCUT2D eigenvalue weighted by molar-refractivity contribution is 0.0950. The van der Waals surface area contributed by atoms with Crippen LogP contribution in [0, 0.1) is 23.3 Å². The van der Waals surface area contributed by atoms with Gasteiger partial charge in [0.2, 0.25) is 11.6 Å². The van der Waals surface area contributed by atoms with Gasteiger partial charge in [-0.15, -0.1) is 0 Å². The summed E-state index contributed by atoms with van der Waals surface area (Å²) < 4.78 is 60.0. The first-order chi connectivity index (χ1) is 13.3. The first-order valence-electron chi connectivity index (χ1n) is 8.16. The first kappa shape index (κ1) is 19.4. The zero-order chi connectivity index (χ0) is 20.3. The Morgan fingerprint density at radius 2 is 1.71 bits per heavy atom. The summed E-state index contributed by atoms with van der Waals surface area (Å²) in [4.78, 5) is 12.1. The molecule has 9 heteroatoms. The number of carbonyl (C=O) groups is 1. The quantitative estimate of drug-likeness (QED) is 0.515. The van der Waals surface area contributed by atoms with Gasteiger partial charge in [-0.25, -0.2) is 8.78 Å². The summed E-state index contributed by atoms with van der Waals surface area (Å²) in [5.74, 6) is -7.77. The maximum Gasteiger partial charge on any atom is 0.251 e. The molecule has 1 aromatic heterocycles. The Kier molecular flexibility index (Phi) is 5.62. The van der Waals surface area contributed by atoms with Gasteiger partial charge in [0.1, 0.15) is 6.61 Å². The third-order valence-electron chi connectivity index (χ3n) is 3.87. The molecule has 0 unspecified atom stereocenters. The standard InChI is InChI=1S/C19H15F4N3O2/c1-26-7-6-13(25-26)9-24-19(27)12-4-2-11(3-5-12)10-28-18-16(22)14(20)8-15(21)17(18)23/h2-8H,9-10H2,1H3,(H,24,27). The van der Waals surface area contributed by atoms with Crippen molar-refractivity contribution in [1.82, 2.24) is 15.1 Å². The van der Waals surface area contributed by atoms with Gasteiger partial charge in [0, 0.05) is 24.9 Å². The molecule has 0 radical (unpaired) electrons. The van der Waals surface area contributed by atoms with Crippen LogP contribution in [0.15, 0.2) is 42.6 Å². The van der Waals surface area contributed by atoms with Crippen molar-refractivity contribution in [2.45, 2.75) is 13.2 Å². The SMILES string of the molecule is Cn1ccc(CNC(=O)c2ccc(COc3c(F)c(F)cc(F)c3F)cc2)n1. The molecule has 2 aromatic carbocycles.